The second-order valence-corrected chi connectivity index (χ2v) is 8.77. The fourth-order valence-electron chi connectivity index (χ4n) is 2.66. The van der Waals surface area contributed by atoms with Crippen LogP contribution in [-0.4, -0.2) is 38.2 Å². The van der Waals surface area contributed by atoms with Crippen LogP contribution in [0.15, 0.2) is 62.5 Å². The van der Waals surface area contributed by atoms with Gasteiger partial charge in [0.1, 0.15) is 26.9 Å². The second kappa shape index (κ2) is 7.53. The van der Waals surface area contributed by atoms with Gasteiger partial charge in [-0.2, -0.15) is 16.8 Å². The lowest BCUT2D eigenvalue weighted by Gasteiger charge is -2.09. The Labute approximate surface area is 170 Å². The normalized spacial score (nSPS) is 12.5. The lowest BCUT2D eigenvalue weighted by atomic mass is 10.1. The number of ether oxygens (including phenoxy) is 1. The largest absolute Gasteiger partial charge is 0.505 e. The first kappa shape index (κ1) is 21.4. The van der Waals surface area contributed by atoms with Crippen molar-refractivity contribution in [1.29, 1.82) is 0 Å². The first-order valence-electron chi connectivity index (χ1n) is 7.98. The second-order valence-electron chi connectivity index (χ2n) is 5.99. The Hall–Kier alpha value is -3.26. The van der Waals surface area contributed by atoms with Crippen molar-refractivity contribution in [2.75, 3.05) is 7.11 Å². The molecule has 13 heteroatoms. The highest BCUT2D eigenvalue weighted by atomic mass is 32.2. The molecule has 0 saturated carbocycles. The quantitative estimate of drug-likeness (QED) is 0.388. The monoisotopic (exact) mass is 452 g/mol. The number of fused-ring (bicyclic) bond motifs is 1. The van der Waals surface area contributed by atoms with Crippen molar-refractivity contribution in [1.82, 2.24) is 5.73 Å². The van der Waals surface area contributed by atoms with Crippen LogP contribution in [0.25, 0.3) is 10.8 Å². The molecule has 0 heterocycles. The Morgan fingerprint density at radius 3 is 2.17 bits per heavy atom. The molecular formula is C17H14N3O8S2. The van der Waals surface area contributed by atoms with Crippen molar-refractivity contribution >= 4 is 48.1 Å². The van der Waals surface area contributed by atoms with Gasteiger partial charge in [-0.1, -0.05) is 0 Å². The molecule has 11 nitrogen and oxygen atoms in total. The van der Waals surface area contributed by atoms with E-state index >= 15 is 0 Å². The van der Waals surface area contributed by atoms with Gasteiger partial charge in [0, 0.05) is 11.5 Å². The zero-order chi connectivity index (χ0) is 22.3. The van der Waals surface area contributed by atoms with E-state index in [9.17, 15) is 31.0 Å². The maximum atomic E-state index is 11.8. The number of benzene rings is 3. The molecule has 30 heavy (non-hydrogen) atoms. The fraction of sp³-hybridized carbons (Fsp3) is 0.0588. The molecule has 0 atom stereocenters. The zero-order valence-electron chi connectivity index (χ0n) is 15.1. The topological polar surface area (TPSA) is 187 Å². The molecule has 3 rings (SSSR count). The molecule has 1 radical (unpaired) electrons. The van der Waals surface area contributed by atoms with E-state index in [0.29, 0.717) is 0 Å². The Kier molecular flexibility index (Phi) is 5.38. The molecule has 0 bridgehead atoms. The Morgan fingerprint density at radius 1 is 0.900 bits per heavy atom. The number of hydrogen-bond donors (Lipinski definition) is 3. The van der Waals surface area contributed by atoms with Crippen LogP contribution in [0.4, 0.5) is 17.1 Å². The number of nitrogens with one attached hydrogen (secondary N) is 1. The highest BCUT2D eigenvalue weighted by Crippen LogP contribution is 2.42. The molecule has 3 aromatic carbocycles. The summed E-state index contributed by atoms with van der Waals surface area (Å²) in [4.78, 5) is -1.47. The molecule has 0 aliphatic carbocycles. The van der Waals surface area contributed by atoms with E-state index in [4.69, 9.17) is 10.5 Å². The minimum absolute atomic E-state index is 0.0357. The van der Waals surface area contributed by atoms with Crippen molar-refractivity contribution < 1.29 is 35.8 Å². The van der Waals surface area contributed by atoms with Gasteiger partial charge in [-0.05, 0) is 41.8 Å². The van der Waals surface area contributed by atoms with E-state index in [1.54, 1.807) is 0 Å². The third-order valence-corrected chi connectivity index (χ3v) is 5.78. The number of aromatic hydroxyl groups is 1. The van der Waals surface area contributed by atoms with Gasteiger partial charge in [0.2, 0.25) is 0 Å². The molecule has 0 amide bonds. The summed E-state index contributed by atoms with van der Waals surface area (Å²) in [5.74, 6) is -0.564. The lowest BCUT2D eigenvalue weighted by Crippen LogP contribution is -2.00. The molecule has 157 valence electrons. The predicted molar refractivity (Wildman–Crippen MR) is 105 cm³/mol. The first-order valence-corrected chi connectivity index (χ1v) is 10.9. The summed E-state index contributed by atoms with van der Waals surface area (Å²) < 4.78 is 70.7. The molecule has 0 fully saturated rings. The summed E-state index contributed by atoms with van der Waals surface area (Å²) in [5, 5.41) is 18.0. The lowest BCUT2D eigenvalue weighted by molar-refractivity contribution is 0.412. The molecule has 4 N–H and O–H groups in total. The minimum Gasteiger partial charge on any atom is -0.505 e. The smallest absolute Gasteiger partial charge is 0.296 e. The number of nitrogens with zero attached hydrogens (tertiary/aromatic N) is 2. The van der Waals surface area contributed by atoms with Crippen molar-refractivity contribution in [3.05, 3.63) is 42.5 Å². The van der Waals surface area contributed by atoms with E-state index in [1.807, 2.05) is 0 Å². The Bertz CT molecular complexity index is 1400. The Morgan fingerprint density at radius 2 is 1.57 bits per heavy atom. The van der Waals surface area contributed by atoms with Gasteiger partial charge in [0.15, 0.2) is 5.75 Å². The molecule has 0 aliphatic heterocycles. The number of phenolic OH excluding ortho intramolecular Hbond substituents is 1. The van der Waals surface area contributed by atoms with E-state index in [0.717, 1.165) is 18.2 Å². The van der Waals surface area contributed by atoms with Crippen LogP contribution in [-0.2, 0) is 20.2 Å². The molecular weight excluding hydrogens is 438 g/mol. The van der Waals surface area contributed by atoms with Gasteiger partial charge in [0.05, 0.1) is 12.8 Å². The summed E-state index contributed by atoms with van der Waals surface area (Å²) >= 11 is 0. The highest BCUT2D eigenvalue weighted by Gasteiger charge is 2.23. The molecule has 0 unspecified atom stereocenters. The fourth-order valence-corrected chi connectivity index (χ4v) is 3.96. The van der Waals surface area contributed by atoms with E-state index in [2.05, 4.69) is 10.2 Å². The summed E-state index contributed by atoms with van der Waals surface area (Å²) in [5.41, 5.74) is 6.62. The van der Waals surface area contributed by atoms with Crippen LogP contribution >= 0.6 is 0 Å². The van der Waals surface area contributed by atoms with Crippen molar-refractivity contribution in [2.24, 2.45) is 10.2 Å². The third kappa shape index (κ3) is 4.18. The van der Waals surface area contributed by atoms with Crippen LogP contribution in [0.5, 0.6) is 11.5 Å². The van der Waals surface area contributed by atoms with E-state index in [-0.39, 0.29) is 27.9 Å². The summed E-state index contributed by atoms with van der Waals surface area (Å²) in [6.07, 6.45) is 0. The van der Waals surface area contributed by atoms with Crippen LogP contribution in [0.1, 0.15) is 0 Å². The number of hydrogen-bond acceptors (Lipinski definition) is 8. The van der Waals surface area contributed by atoms with Gasteiger partial charge in [0.25, 0.3) is 20.2 Å². The molecule has 3 aromatic rings. The molecule has 0 saturated heterocycles. The third-order valence-electron chi connectivity index (χ3n) is 4.03. The number of rotatable bonds is 5. The maximum absolute atomic E-state index is 11.8. The summed E-state index contributed by atoms with van der Waals surface area (Å²) in [6, 6.07) is 8.39. The number of phenols is 1. The van der Waals surface area contributed by atoms with Crippen molar-refractivity contribution in [3.8, 4) is 11.5 Å². The van der Waals surface area contributed by atoms with E-state index in [1.165, 1.54) is 31.4 Å². The molecule has 0 aliphatic rings. The van der Waals surface area contributed by atoms with Crippen LogP contribution in [0, 0.1) is 0 Å². The Balaban J connectivity index is 2.27. The van der Waals surface area contributed by atoms with Gasteiger partial charge < -0.3 is 15.6 Å². The van der Waals surface area contributed by atoms with Crippen LogP contribution in [0.2, 0.25) is 0 Å². The van der Waals surface area contributed by atoms with Crippen molar-refractivity contribution in [3.63, 3.8) is 0 Å². The average Bonchev–Trinajstić information content (AvgIpc) is 2.65. The van der Waals surface area contributed by atoms with Crippen LogP contribution < -0.4 is 10.5 Å². The van der Waals surface area contributed by atoms with Crippen molar-refractivity contribution in [2.45, 2.75) is 9.79 Å². The molecule has 0 spiro atoms. The van der Waals surface area contributed by atoms with E-state index < -0.39 is 41.5 Å². The standard InChI is InChI=1S/C17H14N3O8S2/c1-28-11-3-5-13(14(8-11)29(22,23)24)19-20-16-15(30(25,26)27)7-9-6-10(18)2-4-12(9)17(16)21/h2-8,18,21H,1H3,(H,22,23,24)(H,25,26,27). The predicted octanol–water partition coefficient (Wildman–Crippen LogP) is 3.38. The summed E-state index contributed by atoms with van der Waals surface area (Å²) in [7, 11) is -8.34. The number of methoxy groups -OCH3 is 1. The highest BCUT2D eigenvalue weighted by molar-refractivity contribution is 7.86. The van der Waals surface area contributed by atoms with Gasteiger partial charge >= 0.3 is 0 Å². The summed E-state index contributed by atoms with van der Waals surface area (Å²) in [6.45, 7) is 0. The zero-order valence-corrected chi connectivity index (χ0v) is 16.8. The SMILES string of the molecule is COc1ccc(N=Nc2c(S(=O)(=O)O)cc3cc([NH])ccc3c2O)c(S(=O)(=O)O)c1. The van der Waals surface area contributed by atoms with Crippen LogP contribution in [0.3, 0.4) is 0 Å². The maximum Gasteiger partial charge on any atom is 0.296 e. The number of azo groups is 1. The average molecular weight is 452 g/mol. The first-order chi connectivity index (χ1) is 13.9. The van der Waals surface area contributed by atoms with Gasteiger partial charge in [-0.15, -0.1) is 10.2 Å². The van der Waals surface area contributed by atoms with Gasteiger partial charge in [-0.25, -0.2) is 0 Å². The minimum atomic E-state index is -4.88. The van der Waals surface area contributed by atoms with Gasteiger partial charge in [-0.3, -0.25) is 9.11 Å². The molecule has 0 aromatic heterocycles.